The fraction of sp³-hybridized carbons (Fsp3) is 0.0769. The lowest BCUT2D eigenvalue weighted by atomic mass is 10.2. The number of pyridine rings is 2. The van der Waals surface area contributed by atoms with Crippen LogP contribution >= 0.6 is 0 Å². The molecule has 6 nitrogen and oxygen atoms in total. The molecule has 0 saturated carbocycles. The molecule has 0 spiro atoms. The fourth-order valence-electron chi connectivity index (χ4n) is 1.49. The van der Waals surface area contributed by atoms with Gasteiger partial charge in [-0.3, -0.25) is 9.78 Å². The molecule has 2 N–H and O–H groups in total. The van der Waals surface area contributed by atoms with Crippen LogP contribution in [-0.2, 0) is 6.54 Å². The number of nitrogens with zero attached hydrogens (tertiary/aromatic N) is 2. The van der Waals surface area contributed by atoms with Gasteiger partial charge in [-0.25, -0.2) is 9.78 Å². The van der Waals surface area contributed by atoms with Gasteiger partial charge in [-0.1, -0.05) is 0 Å². The maximum absolute atomic E-state index is 12.6. The van der Waals surface area contributed by atoms with Crippen LogP contribution in [0.15, 0.2) is 36.7 Å². The Hall–Kier alpha value is -2.83. The number of hydrogen-bond acceptors (Lipinski definition) is 4. The van der Waals surface area contributed by atoms with Crippen molar-refractivity contribution in [1.29, 1.82) is 0 Å². The average molecular weight is 275 g/mol. The van der Waals surface area contributed by atoms with Crippen LogP contribution in [-0.4, -0.2) is 27.0 Å². The molecule has 0 fully saturated rings. The fourth-order valence-corrected chi connectivity index (χ4v) is 1.49. The maximum Gasteiger partial charge on any atom is 0.335 e. The SMILES string of the molecule is O=C(O)c1ccnc(CNC(=O)c2ccc(F)nc2)c1. The second-order valence-electron chi connectivity index (χ2n) is 3.89. The molecular formula is C13H10FN3O3. The van der Waals surface area contributed by atoms with E-state index in [1.165, 1.54) is 24.4 Å². The molecule has 0 aliphatic rings. The lowest BCUT2D eigenvalue weighted by molar-refractivity contribution is 0.0696. The van der Waals surface area contributed by atoms with Crippen LogP contribution in [0.3, 0.4) is 0 Å². The smallest absolute Gasteiger partial charge is 0.335 e. The van der Waals surface area contributed by atoms with Crippen molar-refractivity contribution in [2.24, 2.45) is 0 Å². The second kappa shape index (κ2) is 5.87. The summed E-state index contributed by atoms with van der Waals surface area (Å²) in [6, 6.07) is 5.11. The van der Waals surface area contributed by atoms with Crippen LogP contribution in [0.5, 0.6) is 0 Å². The highest BCUT2D eigenvalue weighted by Crippen LogP contribution is 2.03. The number of amides is 1. The second-order valence-corrected chi connectivity index (χ2v) is 3.89. The number of halogens is 1. The molecule has 1 amide bonds. The van der Waals surface area contributed by atoms with Crippen molar-refractivity contribution in [3.63, 3.8) is 0 Å². The van der Waals surface area contributed by atoms with E-state index in [0.29, 0.717) is 5.69 Å². The molecule has 2 aromatic rings. The van der Waals surface area contributed by atoms with Crippen LogP contribution in [0, 0.1) is 5.95 Å². The Bertz CT molecular complexity index is 644. The lowest BCUT2D eigenvalue weighted by Crippen LogP contribution is -2.23. The summed E-state index contributed by atoms with van der Waals surface area (Å²) in [5, 5.41) is 11.4. The summed E-state index contributed by atoms with van der Waals surface area (Å²) < 4.78 is 12.6. The molecule has 2 aromatic heterocycles. The Morgan fingerprint density at radius 2 is 2.00 bits per heavy atom. The zero-order chi connectivity index (χ0) is 14.5. The van der Waals surface area contributed by atoms with Gasteiger partial charge in [0, 0.05) is 12.4 Å². The van der Waals surface area contributed by atoms with Crippen molar-refractivity contribution in [3.05, 3.63) is 59.4 Å². The van der Waals surface area contributed by atoms with Crippen molar-refractivity contribution in [2.45, 2.75) is 6.54 Å². The summed E-state index contributed by atoms with van der Waals surface area (Å²) in [6.45, 7) is 0.0668. The number of aromatic carboxylic acids is 1. The van der Waals surface area contributed by atoms with E-state index in [4.69, 9.17) is 5.11 Å². The highest BCUT2D eigenvalue weighted by Gasteiger charge is 2.08. The Morgan fingerprint density at radius 1 is 1.20 bits per heavy atom. The summed E-state index contributed by atoms with van der Waals surface area (Å²) >= 11 is 0. The highest BCUT2D eigenvalue weighted by molar-refractivity contribution is 5.93. The molecule has 0 aliphatic heterocycles. The summed E-state index contributed by atoms with van der Waals surface area (Å²) in [6.07, 6.45) is 2.47. The Balaban J connectivity index is 2.01. The Labute approximate surface area is 113 Å². The minimum Gasteiger partial charge on any atom is -0.478 e. The number of nitrogens with one attached hydrogen (secondary N) is 1. The predicted octanol–water partition coefficient (Wildman–Crippen LogP) is 1.24. The van der Waals surface area contributed by atoms with E-state index in [1.807, 2.05) is 0 Å². The van der Waals surface area contributed by atoms with Gasteiger partial charge in [0.15, 0.2) is 0 Å². The molecule has 0 unspecified atom stereocenters. The largest absolute Gasteiger partial charge is 0.478 e. The molecule has 20 heavy (non-hydrogen) atoms. The third kappa shape index (κ3) is 3.35. The van der Waals surface area contributed by atoms with E-state index in [1.54, 1.807) is 0 Å². The van der Waals surface area contributed by atoms with Crippen molar-refractivity contribution in [3.8, 4) is 0 Å². The number of carbonyl (C=O) groups is 2. The summed E-state index contributed by atoms with van der Waals surface area (Å²) in [7, 11) is 0. The molecule has 0 bridgehead atoms. The monoisotopic (exact) mass is 275 g/mol. The maximum atomic E-state index is 12.6. The van der Waals surface area contributed by atoms with Crippen molar-refractivity contribution in [2.75, 3.05) is 0 Å². The molecule has 2 heterocycles. The van der Waals surface area contributed by atoms with Crippen LogP contribution in [0.25, 0.3) is 0 Å². The normalized spacial score (nSPS) is 10.1. The standard InChI is InChI=1S/C13H10FN3O3/c14-11-2-1-9(6-16-11)12(18)17-7-10-5-8(13(19)20)3-4-15-10/h1-6H,7H2,(H,17,18)(H,19,20). The quantitative estimate of drug-likeness (QED) is 0.819. The van der Waals surface area contributed by atoms with E-state index >= 15 is 0 Å². The number of carboxylic acids is 1. The molecular weight excluding hydrogens is 265 g/mol. The molecule has 7 heteroatoms. The minimum absolute atomic E-state index is 0.0668. The van der Waals surface area contributed by atoms with Crippen LogP contribution in [0.4, 0.5) is 4.39 Å². The first-order valence-corrected chi connectivity index (χ1v) is 5.64. The highest BCUT2D eigenvalue weighted by atomic mass is 19.1. The van der Waals surface area contributed by atoms with Crippen molar-refractivity contribution >= 4 is 11.9 Å². The first-order valence-electron chi connectivity index (χ1n) is 5.64. The number of carbonyl (C=O) groups excluding carboxylic acids is 1. The van der Waals surface area contributed by atoms with E-state index in [2.05, 4.69) is 15.3 Å². The summed E-state index contributed by atoms with van der Waals surface area (Å²) in [5.74, 6) is -2.18. The van der Waals surface area contributed by atoms with Crippen molar-refractivity contribution < 1.29 is 19.1 Å². The zero-order valence-electron chi connectivity index (χ0n) is 10.2. The molecule has 0 aliphatic carbocycles. The number of hydrogen-bond donors (Lipinski definition) is 2. The van der Waals surface area contributed by atoms with Gasteiger partial charge in [0.1, 0.15) is 0 Å². The predicted molar refractivity (Wildman–Crippen MR) is 66.6 cm³/mol. The van der Waals surface area contributed by atoms with Crippen molar-refractivity contribution in [1.82, 2.24) is 15.3 Å². The summed E-state index contributed by atoms with van der Waals surface area (Å²) in [4.78, 5) is 29.8. The van der Waals surface area contributed by atoms with E-state index in [0.717, 1.165) is 12.3 Å². The molecule has 102 valence electrons. The lowest BCUT2D eigenvalue weighted by Gasteiger charge is -2.05. The van der Waals surface area contributed by atoms with E-state index in [-0.39, 0.29) is 17.7 Å². The minimum atomic E-state index is -1.07. The Kier molecular flexibility index (Phi) is 3.99. The van der Waals surface area contributed by atoms with Crippen LogP contribution in [0.2, 0.25) is 0 Å². The van der Waals surface area contributed by atoms with Gasteiger partial charge in [-0.2, -0.15) is 4.39 Å². The molecule has 0 saturated heterocycles. The van der Waals surface area contributed by atoms with Crippen LogP contribution < -0.4 is 5.32 Å². The van der Waals surface area contributed by atoms with Gasteiger partial charge >= 0.3 is 5.97 Å². The third-order valence-corrected chi connectivity index (χ3v) is 2.48. The molecule has 0 aromatic carbocycles. The number of aromatic nitrogens is 2. The average Bonchev–Trinajstić information content (AvgIpc) is 2.46. The van der Waals surface area contributed by atoms with E-state index in [9.17, 15) is 14.0 Å². The summed E-state index contributed by atoms with van der Waals surface area (Å²) in [5.41, 5.74) is 0.710. The van der Waals surface area contributed by atoms with Gasteiger partial charge in [0.05, 0.1) is 23.4 Å². The van der Waals surface area contributed by atoms with Gasteiger partial charge in [-0.15, -0.1) is 0 Å². The van der Waals surface area contributed by atoms with Gasteiger partial charge in [0.2, 0.25) is 5.95 Å². The van der Waals surface area contributed by atoms with E-state index < -0.39 is 17.8 Å². The first-order chi connectivity index (χ1) is 9.56. The molecule has 0 atom stereocenters. The Morgan fingerprint density at radius 3 is 2.65 bits per heavy atom. The van der Waals surface area contributed by atoms with Crippen LogP contribution in [0.1, 0.15) is 26.4 Å². The zero-order valence-corrected chi connectivity index (χ0v) is 10.2. The first kappa shape index (κ1) is 13.6. The van der Waals surface area contributed by atoms with Gasteiger partial charge in [-0.05, 0) is 24.3 Å². The number of rotatable bonds is 4. The molecule has 0 radical (unpaired) electrons. The molecule has 2 rings (SSSR count). The number of carboxylic acid groups (broad SMARTS) is 1. The van der Waals surface area contributed by atoms with Gasteiger partial charge in [0.25, 0.3) is 5.91 Å². The third-order valence-electron chi connectivity index (χ3n) is 2.48. The topological polar surface area (TPSA) is 92.2 Å². The van der Waals surface area contributed by atoms with Gasteiger partial charge < -0.3 is 10.4 Å².